The molecule has 0 atom stereocenters. The first kappa shape index (κ1) is 19.3. The van der Waals surface area contributed by atoms with Gasteiger partial charge in [0.1, 0.15) is 5.82 Å². The molecular weight excluding hydrogens is 371 g/mol. The normalized spacial score (nSPS) is 14.5. The second-order valence-corrected chi connectivity index (χ2v) is 7.57. The minimum Gasteiger partial charge on any atom is -0.323 e. The highest BCUT2D eigenvalue weighted by atomic mass is 32.2. The molecule has 1 heterocycles. The number of non-ortho nitro benzene ring substituents is 1. The van der Waals surface area contributed by atoms with Crippen LogP contribution in [-0.2, 0) is 4.79 Å². The van der Waals surface area contributed by atoms with Crippen molar-refractivity contribution in [1.29, 1.82) is 0 Å². The molecule has 0 aliphatic heterocycles. The molecule has 1 fully saturated rings. The topological polar surface area (TPSA) is 90.1 Å². The largest absolute Gasteiger partial charge is 0.323 e. The maximum Gasteiger partial charge on any atom is 0.271 e. The summed E-state index contributed by atoms with van der Waals surface area (Å²) >= 11 is 1.30. The van der Waals surface area contributed by atoms with Gasteiger partial charge in [0.2, 0.25) is 5.91 Å². The second kappa shape index (κ2) is 8.08. The van der Waals surface area contributed by atoms with Crippen LogP contribution in [0.15, 0.2) is 23.4 Å². The number of nitro groups is 1. The third-order valence-electron chi connectivity index (χ3n) is 4.81. The van der Waals surface area contributed by atoms with Crippen LogP contribution in [0.3, 0.4) is 0 Å². The lowest BCUT2D eigenvalue weighted by Crippen LogP contribution is -2.16. The number of rotatable bonds is 6. The van der Waals surface area contributed by atoms with Crippen molar-refractivity contribution in [3.05, 3.63) is 45.5 Å². The number of carbonyl (C=O) groups excluding carboxylic acids is 1. The smallest absolute Gasteiger partial charge is 0.271 e. The fraction of sp³-hybridized carbons (Fsp3) is 0.444. The molecule has 0 unspecified atom stereocenters. The number of imidazole rings is 1. The number of hydrogen-bond acceptors (Lipinski definition) is 5. The van der Waals surface area contributed by atoms with E-state index >= 15 is 0 Å². The number of hydrogen-bond donors (Lipinski definition) is 1. The highest BCUT2D eigenvalue weighted by molar-refractivity contribution is 7.99. The maximum atomic E-state index is 13.8. The Balaban J connectivity index is 1.69. The molecule has 9 heteroatoms. The molecular formula is C18H21FN4O3S. The number of benzene rings is 1. The number of nitro benzene ring substituents is 1. The van der Waals surface area contributed by atoms with Crippen LogP contribution < -0.4 is 5.32 Å². The summed E-state index contributed by atoms with van der Waals surface area (Å²) in [4.78, 5) is 27.0. The number of carbonyl (C=O) groups is 1. The Hall–Kier alpha value is -2.42. The van der Waals surface area contributed by atoms with Crippen molar-refractivity contribution in [2.45, 2.75) is 50.7 Å². The van der Waals surface area contributed by atoms with Gasteiger partial charge in [0.05, 0.1) is 22.1 Å². The van der Waals surface area contributed by atoms with Gasteiger partial charge in [-0.3, -0.25) is 14.9 Å². The van der Waals surface area contributed by atoms with Gasteiger partial charge in [-0.25, -0.2) is 9.37 Å². The van der Waals surface area contributed by atoms with Gasteiger partial charge in [0, 0.05) is 23.9 Å². The summed E-state index contributed by atoms with van der Waals surface area (Å²) in [5, 5.41) is 14.0. The molecule has 1 aromatic carbocycles. The van der Waals surface area contributed by atoms with Crippen LogP contribution >= 0.6 is 11.8 Å². The summed E-state index contributed by atoms with van der Waals surface area (Å²) in [5.41, 5.74) is 1.58. The third-order valence-corrected chi connectivity index (χ3v) is 5.76. The number of amides is 1. The lowest BCUT2D eigenvalue weighted by atomic mass is 10.2. The van der Waals surface area contributed by atoms with E-state index in [-0.39, 0.29) is 17.1 Å². The predicted molar refractivity (Wildman–Crippen MR) is 102 cm³/mol. The first-order valence-electron chi connectivity index (χ1n) is 8.79. The van der Waals surface area contributed by atoms with Crippen molar-refractivity contribution >= 4 is 29.0 Å². The molecule has 1 aliphatic carbocycles. The number of aryl methyl sites for hydroxylation is 1. The van der Waals surface area contributed by atoms with Gasteiger partial charge in [-0.15, -0.1) is 0 Å². The molecule has 1 aromatic heterocycles. The van der Waals surface area contributed by atoms with Crippen molar-refractivity contribution in [1.82, 2.24) is 9.55 Å². The first-order valence-corrected chi connectivity index (χ1v) is 9.77. The van der Waals surface area contributed by atoms with Crippen molar-refractivity contribution in [3.8, 4) is 0 Å². The highest BCUT2D eigenvalue weighted by Crippen LogP contribution is 2.35. The monoisotopic (exact) mass is 392 g/mol. The summed E-state index contributed by atoms with van der Waals surface area (Å²) in [7, 11) is 0. The van der Waals surface area contributed by atoms with Crippen LogP contribution in [-0.4, -0.2) is 26.1 Å². The van der Waals surface area contributed by atoms with Crippen molar-refractivity contribution in [2.24, 2.45) is 0 Å². The van der Waals surface area contributed by atoms with Crippen LogP contribution in [0.2, 0.25) is 0 Å². The Kier molecular flexibility index (Phi) is 5.79. The standard InChI is InChI=1S/C18H21FN4O3S/c1-11-12(2)22(13-5-3-4-6-13)18(20-11)27-10-17(24)21-16-9-14(23(25)26)7-8-15(16)19/h7-9,13H,3-6,10H2,1-2H3,(H,21,24). The number of halogens is 1. The van der Waals surface area contributed by atoms with Crippen LogP contribution in [0, 0.1) is 29.8 Å². The van der Waals surface area contributed by atoms with Crippen LogP contribution in [0.5, 0.6) is 0 Å². The van der Waals surface area contributed by atoms with Crippen molar-refractivity contribution in [3.63, 3.8) is 0 Å². The quantitative estimate of drug-likeness (QED) is 0.447. The number of aromatic nitrogens is 2. The van der Waals surface area contributed by atoms with Crippen LogP contribution in [0.25, 0.3) is 0 Å². The highest BCUT2D eigenvalue weighted by Gasteiger charge is 2.23. The van der Waals surface area contributed by atoms with E-state index in [1.165, 1.54) is 24.6 Å². The van der Waals surface area contributed by atoms with E-state index in [0.29, 0.717) is 6.04 Å². The molecule has 0 radical (unpaired) electrons. The average Bonchev–Trinajstić information content (AvgIpc) is 3.23. The molecule has 1 saturated carbocycles. The molecule has 1 N–H and O–H groups in total. The summed E-state index contributed by atoms with van der Waals surface area (Å²) in [5.74, 6) is -1.10. The predicted octanol–water partition coefficient (Wildman–Crippen LogP) is 4.39. The van der Waals surface area contributed by atoms with E-state index in [9.17, 15) is 19.3 Å². The van der Waals surface area contributed by atoms with Crippen molar-refractivity contribution < 1.29 is 14.1 Å². The molecule has 7 nitrogen and oxygen atoms in total. The van der Waals surface area contributed by atoms with E-state index in [1.54, 1.807) is 0 Å². The van der Waals surface area contributed by atoms with Gasteiger partial charge in [0.15, 0.2) is 5.16 Å². The summed E-state index contributed by atoms with van der Waals surface area (Å²) < 4.78 is 16.0. The molecule has 1 amide bonds. The zero-order chi connectivity index (χ0) is 19.6. The lowest BCUT2D eigenvalue weighted by Gasteiger charge is -2.16. The first-order chi connectivity index (χ1) is 12.9. The van der Waals surface area contributed by atoms with Crippen LogP contribution in [0.1, 0.15) is 43.1 Å². The molecule has 1 aliphatic rings. The van der Waals surface area contributed by atoms with E-state index < -0.39 is 16.6 Å². The Morgan fingerprint density at radius 3 is 2.78 bits per heavy atom. The Labute approximate surface area is 160 Å². The molecule has 0 saturated heterocycles. The summed E-state index contributed by atoms with van der Waals surface area (Å²) in [6.45, 7) is 3.98. The van der Waals surface area contributed by atoms with Gasteiger partial charge in [-0.2, -0.15) is 0 Å². The Bertz CT molecular complexity index is 878. The van der Waals surface area contributed by atoms with Gasteiger partial charge in [0.25, 0.3) is 5.69 Å². The van der Waals surface area contributed by atoms with Gasteiger partial charge in [-0.1, -0.05) is 24.6 Å². The molecule has 0 bridgehead atoms. The van der Waals surface area contributed by atoms with Gasteiger partial charge >= 0.3 is 0 Å². The Morgan fingerprint density at radius 2 is 2.11 bits per heavy atom. The minimum atomic E-state index is -0.710. The van der Waals surface area contributed by atoms with Crippen LogP contribution in [0.4, 0.5) is 15.8 Å². The molecule has 27 heavy (non-hydrogen) atoms. The zero-order valence-electron chi connectivity index (χ0n) is 15.2. The molecule has 0 spiro atoms. The van der Waals surface area contributed by atoms with E-state index in [2.05, 4.69) is 14.9 Å². The summed E-state index contributed by atoms with van der Waals surface area (Å²) in [6.07, 6.45) is 4.60. The fourth-order valence-corrected chi connectivity index (χ4v) is 4.29. The lowest BCUT2D eigenvalue weighted by molar-refractivity contribution is -0.384. The second-order valence-electron chi connectivity index (χ2n) is 6.63. The van der Waals surface area contributed by atoms with E-state index in [4.69, 9.17) is 0 Å². The average molecular weight is 392 g/mol. The molecule has 3 rings (SSSR count). The van der Waals surface area contributed by atoms with Gasteiger partial charge in [-0.05, 0) is 32.8 Å². The minimum absolute atomic E-state index is 0.0464. The third kappa shape index (κ3) is 4.29. The SMILES string of the molecule is Cc1nc(SCC(=O)Nc2cc([N+](=O)[O-])ccc2F)n(C2CCCC2)c1C. The molecule has 144 valence electrons. The summed E-state index contributed by atoms with van der Waals surface area (Å²) in [6, 6.07) is 3.46. The van der Waals surface area contributed by atoms with E-state index in [1.807, 2.05) is 13.8 Å². The number of anilines is 1. The van der Waals surface area contributed by atoms with E-state index in [0.717, 1.165) is 47.6 Å². The van der Waals surface area contributed by atoms with Gasteiger partial charge < -0.3 is 9.88 Å². The zero-order valence-corrected chi connectivity index (χ0v) is 16.0. The molecule has 2 aromatic rings. The maximum absolute atomic E-state index is 13.8. The number of thioether (sulfide) groups is 1. The Morgan fingerprint density at radius 1 is 1.41 bits per heavy atom. The fourth-order valence-electron chi connectivity index (χ4n) is 3.33. The number of nitrogens with zero attached hydrogens (tertiary/aromatic N) is 3. The number of nitrogens with one attached hydrogen (secondary N) is 1. The van der Waals surface area contributed by atoms with Crippen molar-refractivity contribution in [2.75, 3.05) is 11.1 Å².